The van der Waals surface area contributed by atoms with Gasteiger partial charge in [0, 0.05) is 24.4 Å². The molecule has 6 nitrogen and oxygen atoms in total. The monoisotopic (exact) mass is 491 g/mol. The van der Waals surface area contributed by atoms with Crippen molar-refractivity contribution < 1.29 is 13.2 Å². The molecule has 0 radical (unpaired) electrons. The van der Waals surface area contributed by atoms with Crippen molar-refractivity contribution in [2.45, 2.75) is 29.6 Å². The van der Waals surface area contributed by atoms with Crippen LogP contribution in [0.15, 0.2) is 52.3 Å². The summed E-state index contributed by atoms with van der Waals surface area (Å²) >= 11 is 3.13. The molecule has 1 heterocycles. The van der Waals surface area contributed by atoms with E-state index in [4.69, 9.17) is 4.98 Å². The van der Waals surface area contributed by atoms with Crippen molar-refractivity contribution in [3.05, 3.63) is 48.0 Å². The summed E-state index contributed by atoms with van der Waals surface area (Å²) in [6, 6.07) is 12.9. The van der Waals surface area contributed by atoms with Gasteiger partial charge in [-0.2, -0.15) is 0 Å². The largest absolute Gasteiger partial charge is 0.308 e. The first-order chi connectivity index (χ1) is 15.2. The van der Waals surface area contributed by atoms with Crippen LogP contribution >= 0.6 is 23.1 Å². The molecule has 2 aromatic carbocycles. The fraction of sp³-hybridized carbons (Fsp3) is 0.391. The number of likely N-dealkylation sites (N-methyl/N-ethyl adjacent to an activating group) is 1. The maximum absolute atomic E-state index is 13.1. The number of hydrogen-bond acceptors (Lipinski definition) is 7. The molecule has 3 rings (SSSR count). The highest BCUT2D eigenvalue weighted by Crippen LogP contribution is 2.34. The number of benzene rings is 2. The summed E-state index contributed by atoms with van der Waals surface area (Å²) in [6.45, 7) is 3.12. The summed E-state index contributed by atoms with van der Waals surface area (Å²) in [6.07, 6.45) is 2.44. The number of hydrogen-bond donors (Lipinski definition) is 0. The molecule has 0 unspecified atom stereocenters. The van der Waals surface area contributed by atoms with Crippen LogP contribution in [0.1, 0.15) is 18.4 Å². The Hall–Kier alpha value is -1.94. The minimum absolute atomic E-state index is 0.0558. The molecule has 0 aliphatic carbocycles. The Morgan fingerprint density at radius 3 is 2.47 bits per heavy atom. The van der Waals surface area contributed by atoms with Crippen LogP contribution in [0.25, 0.3) is 10.2 Å². The molecule has 0 fully saturated rings. The zero-order valence-corrected chi connectivity index (χ0v) is 21.3. The first-order valence-electron chi connectivity index (χ1n) is 10.4. The van der Waals surface area contributed by atoms with Crippen LogP contribution in [-0.2, 0) is 14.6 Å². The van der Waals surface area contributed by atoms with Crippen molar-refractivity contribution in [1.82, 2.24) is 9.88 Å². The molecule has 3 aromatic rings. The molecule has 0 aliphatic heterocycles. The lowest BCUT2D eigenvalue weighted by Gasteiger charge is -2.22. The summed E-state index contributed by atoms with van der Waals surface area (Å²) in [5.41, 5.74) is 1.92. The van der Waals surface area contributed by atoms with Gasteiger partial charge in [-0.15, -0.1) is 11.8 Å². The maximum atomic E-state index is 13.1. The molecule has 1 amide bonds. The number of amides is 1. The van der Waals surface area contributed by atoms with Crippen molar-refractivity contribution in [2.24, 2.45) is 0 Å². The summed E-state index contributed by atoms with van der Waals surface area (Å²) in [5, 5.41) is 0.662. The summed E-state index contributed by atoms with van der Waals surface area (Å²) < 4.78 is 26.3. The number of rotatable bonds is 10. The van der Waals surface area contributed by atoms with Crippen LogP contribution in [0.5, 0.6) is 0 Å². The van der Waals surface area contributed by atoms with Crippen LogP contribution < -0.4 is 4.90 Å². The number of carbonyl (C=O) groups is 1. The number of aromatic nitrogens is 1. The first-order valence-corrected chi connectivity index (χ1v) is 14.1. The van der Waals surface area contributed by atoms with E-state index >= 15 is 0 Å². The van der Waals surface area contributed by atoms with E-state index in [-0.39, 0.29) is 24.5 Å². The third-order valence-electron chi connectivity index (χ3n) is 5.08. The molecule has 0 atom stereocenters. The van der Waals surface area contributed by atoms with Gasteiger partial charge in [0.25, 0.3) is 0 Å². The van der Waals surface area contributed by atoms with Crippen molar-refractivity contribution in [3.8, 4) is 0 Å². The maximum Gasteiger partial charge on any atom is 0.228 e. The highest BCUT2D eigenvalue weighted by Gasteiger charge is 2.22. The van der Waals surface area contributed by atoms with Gasteiger partial charge in [0.2, 0.25) is 5.91 Å². The zero-order valence-electron chi connectivity index (χ0n) is 18.9. The van der Waals surface area contributed by atoms with Crippen LogP contribution in [0, 0.1) is 6.92 Å². The predicted octanol–water partition coefficient (Wildman–Crippen LogP) is 4.48. The molecule has 1 aromatic heterocycles. The fourth-order valence-electron chi connectivity index (χ4n) is 3.23. The molecule has 0 bridgehead atoms. The average molecular weight is 492 g/mol. The minimum Gasteiger partial charge on any atom is -0.308 e. The second-order valence-corrected chi connectivity index (χ2v) is 11.9. The van der Waals surface area contributed by atoms with Gasteiger partial charge in [0.15, 0.2) is 15.0 Å². The number of para-hydroxylation sites is 1. The molecule has 0 spiro atoms. The van der Waals surface area contributed by atoms with E-state index in [1.54, 1.807) is 40.9 Å². The van der Waals surface area contributed by atoms with E-state index in [0.29, 0.717) is 23.1 Å². The summed E-state index contributed by atoms with van der Waals surface area (Å²) in [4.78, 5) is 23.0. The van der Waals surface area contributed by atoms with Crippen LogP contribution in [0.3, 0.4) is 0 Å². The Bertz CT molecular complexity index is 1170. The van der Waals surface area contributed by atoms with Crippen molar-refractivity contribution >= 4 is 54.2 Å². The van der Waals surface area contributed by atoms with E-state index in [2.05, 4.69) is 0 Å². The molecule has 9 heteroatoms. The quantitative estimate of drug-likeness (QED) is 0.390. The predicted molar refractivity (Wildman–Crippen MR) is 135 cm³/mol. The zero-order chi connectivity index (χ0) is 23.3. The Kier molecular flexibility index (Phi) is 8.32. The van der Waals surface area contributed by atoms with E-state index < -0.39 is 9.84 Å². The SMILES string of the molecule is CSc1cccc2sc(N(CCN(C)C)C(=O)CCCS(=O)(=O)c3ccc(C)cc3)nc12. The molecule has 32 heavy (non-hydrogen) atoms. The van der Waals surface area contributed by atoms with Gasteiger partial charge in [0.1, 0.15) is 0 Å². The second kappa shape index (κ2) is 10.8. The van der Waals surface area contributed by atoms with Gasteiger partial charge < -0.3 is 4.90 Å². The topological polar surface area (TPSA) is 70.6 Å². The van der Waals surface area contributed by atoms with Gasteiger partial charge >= 0.3 is 0 Å². The lowest BCUT2D eigenvalue weighted by atomic mass is 10.2. The molecule has 0 saturated heterocycles. The first kappa shape index (κ1) is 24.7. The van der Waals surface area contributed by atoms with Gasteiger partial charge in [0.05, 0.1) is 20.9 Å². The summed E-state index contributed by atoms with van der Waals surface area (Å²) in [7, 11) is 0.506. The molecule has 172 valence electrons. The van der Waals surface area contributed by atoms with Gasteiger partial charge in [-0.3, -0.25) is 9.69 Å². The number of thiazole rings is 1. The van der Waals surface area contributed by atoms with E-state index in [9.17, 15) is 13.2 Å². The highest BCUT2D eigenvalue weighted by molar-refractivity contribution is 7.98. The molecular weight excluding hydrogens is 462 g/mol. The van der Waals surface area contributed by atoms with Crippen molar-refractivity contribution in [3.63, 3.8) is 0 Å². The molecular formula is C23H29N3O3S3. The van der Waals surface area contributed by atoms with Gasteiger partial charge in [-0.05, 0) is 58.0 Å². The molecule has 0 aliphatic rings. The van der Waals surface area contributed by atoms with E-state index in [1.165, 1.54) is 11.3 Å². The average Bonchev–Trinajstić information content (AvgIpc) is 3.17. The highest BCUT2D eigenvalue weighted by atomic mass is 32.2. The van der Waals surface area contributed by atoms with Crippen molar-refractivity contribution in [1.29, 1.82) is 0 Å². The Labute approximate surface area is 198 Å². The lowest BCUT2D eigenvalue weighted by Crippen LogP contribution is -2.36. The minimum atomic E-state index is -3.41. The summed E-state index contributed by atoms with van der Waals surface area (Å²) in [5.74, 6) is -0.157. The second-order valence-electron chi connectivity index (χ2n) is 7.89. The third-order valence-corrected chi connectivity index (χ3v) is 8.71. The van der Waals surface area contributed by atoms with E-state index in [1.807, 2.05) is 50.4 Å². The van der Waals surface area contributed by atoms with Gasteiger partial charge in [-0.1, -0.05) is 35.1 Å². The number of aryl methyl sites for hydroxylation is 1. The van der Waals surface area contributed by atoms with Crippen LogP contribution in [-0.4, -0.2) is 63.4 Å². The molecule has 0 saturated carbocycles. The third kappa shape index (κ3) is 6.10. The van der Waals surface area contributed by atoms with E-state index in [0.717, 1.165) is 20.7 Å². The number of sulfone groups is 1. The fourth-order valence-corrected chi connectivity index (χ4v) is 6.21. The standard InChI is InChI=1S/C23H29N3O3S3/c1-17-10-12-18(13-11-17)32(28,29)16-6-9-21(27)26(15-14-25(2)3)23-24-22-19(30-4)7-5-8-20(22)31-23/h5,7-8,10-13H,6,9,14-16H2,1-4H3. The Morgan fingerprint density at radius 1 is 1.09 bits per heavy atom. The Morgan fingerprint density at radius 2 is 1.81 bits per heavy atom. The number of carbonyl (C=O) groups excluding carboxylic acids is 1. The number of anilines is 1. The van der Waals surface area contributed by atoms with Crippen LogP contribution in [0.4, 0.5) is 5.13 Å². The Balaban J connectivity index is 1.74. The number of fused-ring (bicyclic) bond motifs is 1. The van der Waals surface area contributed by atoms with Crippen molar-refractivity contribution in [2.75, 3.05) is 44.1 Å². The number of nitrogens with zero attached hydrogens (tertiary/aromatic N) is 3. The molecule has 0 N–H and O–H groups in total. The smallest absolute Gasteiger partial charge is 0.228 e. The van der Waals surface area contributed by atoms with Gasteiger partial charge in [-0.25, -0.2) is 13.4 Å². The number of thioether (sulfide) groups is 1. The van der Waals surface area contributed by atoms with Crippen LogP contribution in [0.2, 0.25) is 0 Å². The normalized spacial score (nSPS) is 11.9. The lowest BCUT2D eigenvalue weighted by molar-refractivity contribution is -0.118.